The first-order chi connectivity index (χ1) is 19.5. The number of fused-ring (bicyclic) bond motifs is 3. The smallest absolute Gasteiger partial charge is 0.298 e. The fourth-order valence-corrected chi connectivity index (χ4v) is 5.07. The molecule has 0 saturated carbocycles. The summed E-state index contributed by atoms with van der Waals surface area (Å²) in [5.74, 6) is 1.46. The molecule has 206 valence electrons. The number of phenolic OH excluding ortho intramolecular Hbond substituents is 1. The number of ether oxygens (including phenoxy) is 2. The second-order valence-electron chi connectivity index (χ2n) is 9.49. The molecule has 6 rings (SSSR count). The fourth-order valence-electron chi connectivity index (χ4n) is 4.90. The fraction of sp³-hybridized carbons (Fsp3) is 0.233. The van der Waals surface area contributed by atoms with Crippen LogP contribution in [0.2, 0.25) is 5.02 Å². The molecule has 2 N–H and O–H groups in total. The van der Waals surface area contributed by atoms with E-state index in [1.807, 2.05) is 16.9 Å². The van der Waals surface area contributed by atoms with Crippen LogP contribution >= 0.6 is 11.6 Å². The third-order valence-corrected chi connectivity index (χ3v) is 7.05. The maximum absolute atomic E-state index is 9.77. The number of benzene rings is 3. The third kappa shape index (κ3) is 6.44. The van der Waals surface area contributed by atoms with Crippen LogP contribution in [0.3, 0.4) is 0 Å². The van der Waals surface area contributed by atoms with Gasteiger partial charge in [-0.25, -0.2) is 0 Å². The van der Waals surface area contributed by atoms with Gasteiger partial charge in [0.05, 0.1) is 18.8 Å². The predicted octanol–water partition coefficient (Wildman–Crippen LogP) is 5.39. The molecule has 0 amide bonds. The van der Waals surface area contributed by atoms with Crippen molar-refractivity contribution in [3.63, 3.8) is 0 Å². The summed E-state index contributed by atoms with van der Waals surface area (Å²) < 4.78 is 12.2. The van der Waals surface area contributed by atoms with Gasteiger partial charge in [0, 0.05) is 47.3 Å². The van der Waals surface area contributed by atoms with Crippen LogP contribution in [-0.4, -0.2) is 56.7 Å². The average molecular weight is 560 g/mol. The molecule has 0 spiro atoms. The highest BCUT2D eigenvalue weighted by Crippen LogP contribution is 2.38. The van der Waals surface area contributed by atoms with E-state index in [0.717, 1.165) is 42.2 Å². The lowest BCUT2D eigenvalue weighted by Gasteiger charge is -2.33. The molecule has 0 aliphatic carbocycles. The largest absolute Gasteiger partial charge is 0.508 e. The zero-order valence-corrected chi connectivity index (χ0v) is 22.8. The minimum Gasteiger partial charge on any atom is -0.508 e. The molecule has 10 heteroatoms. The molecule has 0 bridgehead atoms. The molecule has 3 aromatic carbocycles. The lowest BCUT2D eigenvalue weighted by Crippen LogP contribution is -2.32. The van der Waals surface area contributed by atoms with Crippen LogP contribution in [0, 0.1) is 0 Å². The van der Waals surface area contributed by atoms with Crippen LogP contribution in [0.5, 0.6) is 17.2 Å². The monoisotopic (exact) mass is 559 g/mol. The number of rotatable bonds is 8. The highest BCUT2D eigenvalue weighted by molar-refractivity contribution is 6.31. The second kappa shape index (κ2) is 12.7. The van der Waals surface area contributed by atoms with Crippen LogP contribution in [-0.2, 0) is 17.8 Å². The van der Waals surface area contributed by atoms with Gasteiger partial charge in [0.2, 0.25) is 0 Å². The number of aromatic hydroxyl groups is 1. The van der Waals surface area contributed by atoms with Crippen molar-refractivity contribution >= 4 is 29.0 Å². The van der Waals surface area contributed by atoms with E-state index >= 15 is 0 Å². The molecule has 5 aromatic rings. The first-order valence-electron chi connectivity index (χ1n) is 13.0. The quantitative estimate of drug-likeness (QED) is 0.194. The Morgan fingerprint density at radius 2 is 1.88 bits per heavy atom. The number of aromatic amines is 1. The van der Waals surface area contributed by atoms with Crippen LogP contribution in [0.4, 0.5) is 0 Å². The Morgan fingerprint density at radius 3 is 2.60 bits per heavy atom. The standard InChI is InChI=1S/C23H24ClN5O.C7H6O3/c1-28-12-9-19-20-15-17(24)5-8-21(20)26-22(19)23(28)16-3-6-18(7-4-16)30-14-2-11-29-13-10-25-27-29;8-5-10-7-3-1-6(9)2-4-7/h3-8,10,13,15,23,26H,2,9,11-12,14H2,1H3;1-5,9H. The molecule has 0 radical (unpaired) electrons. The van der Waals surface area contributed by atoms with Crippen molar-refractivity contribution in [2.24, 2.45) is 0 Å². The van der Waals surface area contributed by atoms with Gasteiger partial charge in [-0.05, 0) is 79.2 Å². The summed E-state index contributed by atoms with van der Waals surface area (Å²) in [5, 5.41) is 18.6. The molecule has 1 atom stereocenters. The van der Waals surface area contributed by atoms with E-state index < -0.39 is 0 Å². The molecule has 2 aromatic heterocycles. The Kier molecular flexibility index (Phi) is 8.63. The van der Waals surface area contributed by atoms with Crippen molar-refractivity contribution in [1.82, 2.24) is 24.9 Å². The van der Waals surface area contributed by atoms with E-state index in [0.29, 0.717) is 18.8 Å². The molecular weight excluding hydrogens is 530 g/mol. The molecule has 9 nitrogen and oxygen atoms in total. The van der Waals surface area contributed by atoms with Crippen molar-refractivity contribution < 1.29 is 19.4 Å². The van der Waals surface area contributed by atoms with Gasteiger partial charge in [0.25, 0.3) is 6.47 Å². The maximum atomic E-state index is 9.77. The number of nitrogens with zero attached hydrogens (tertiary/aromatic N) is 4. The van der Waals surface area contributed by atoms with E-state index in [9.17, 15) is 4.79 Å². The number of aryl methyl sites for hydroxylation is 1. The summed E-state index contributed by atoms with van der Waals surface area (Å²) in [5.41, 5.74) is 5.05. The summed E-state index contributed by atoms with van der Waals surface area (Å²) in [7, 11) is 2.18. The number of phenols is 1. The van der Waals surface area contributed by atoms with Gasteiger partial charge >= 0.3 is 0 Å². The molecule has 1 aliphatic rings. The molecule has 3 heterocycles. The number of carbonyl (C=O) groups excluding carboxylic acids is 1. The first kappa shape index (κ1) is 27.2. The average Bonchev–Trinajstić information content (AvgIpc) is 3.61. The minimum absolute atomic E-state index is 0.151. The highest BCUT2D eigenvalue weighted by Gasteiger charge is 2.29. The summed E-state index contributed by atoms with van der Waals surface area (Å²) in [6.45, 7) is 2.80. The SMILES string of the molecule is CN1CCc2c([nH]c3ccc(Cl)cc23)C1c1ccc(OCCCn2ccnn2)cc1.O=COc1ccc(O)cc1. The Hall–Kier alpha value is -4.34. The maximum Gasteiger partial charge on any atom is 0.298 e. The number of hydrogen-bond acceptors (Lipinski definition) is 7. The summed E-state index contributed by atoms with van der Waals surface area (Å²) in [6.07, 6.45) is 5.46. The number of likely N-dealkylation sites (N-methyl/N-ethyl adjacent to an activating group) is 1. The Labute approximate surface area is 236 Å². The highest BCUT2D eigenvalue weighted by atomic mass is 35.5. The van der Waals surface area contributed by atoms with Crippen LogP contribution in [0.15, 0.2) is 79.1 Å². The van der Waals surface area contributed by atoms with Crippen molar-refractivity contribution in [3.05, 3.63) is 101 Å². The topological polar surface area (TPSA) is 106 Å². The summed E-state index contributed by atoms with van der Waals surface area (Å²) in [6, 6.07) is 20.6. The number of aromatic nitrogens is 4. The van der Waals surface area contributed by atoms with E-state index in [1.165, 1.54) is 46.5 Å². The van der Waals surface area contributed by atoms with Crippen molar-refractivity contribution in [2.75, 3.05) is 20.2 Å². The molecule has 0 fully saturated rings. The molecule has 40 heavy (non-hydrogen) atoms. The number of hydrogen-bond donors (Lipinski definition) is 2. The van der Waals surface area contributed by atoms with Gasteiger partial charge in [-0.2, -0.15) is 0 Å². The number of halogens is 1. The minimum atomic E-state index is 0.151. The van der Waals surface area contributed by atoms with Gasteiger partial charge in [-0.15, -0.1) is 5.10 Å². The zero-order chi connectivity index (χ0) is 27.9. The van der Waals surface area contributed by atoms with Crippen molar-refractivity contribution in [1.29, 1.82) is 0 Å². The summed E-state index contributed by atoms with van der Waals surface area (Å²) in [4.78, 5) is 15.8. The summed E-state index contributed by atoms with van der Waals surface area (Å²) >= 11 is 6.25. The Bertz CT molecular complexity index is 1540. The van der Waals surface area contributed by atoms with Crippen molar-refractivity contribution in [3.8, 4) is 17.2 Å². The normalized spacial score (nSPS) is 14.7. The Balaban J connectivity index is 0.000000274. The van der Waals surface area contributed by atoms with E-state index in [1.54, 1.807) is 6.20 Å². The zero-order valence-electron chi connectivity index (χ0n) is 22.0. The van der Waals surface area contributed by atoms with E-state index in [2.05, 4.69) is 68.4 Å². The van der Waals surface area contributed by atoms with Gasteiger partial charge in [0.15, 0.2) is 0 Å². The van der Waals surface area contributed by atoms with Gasteiger partial charge < -0.3 is 19.6 Å². The first-order valence-corrected chi connectivity index (χ1v) is 13.4. The number of carbonyl (C=O) groups is 1. The van der Waals surface area contributed by atoms with Crippen molar-refractivity contribution in [2.45, 2.75) is 25.4 Å². The molecular formula is C30H30ClN5O4. The van der Waals surface area contributed by atoms with E-state index in [4.69, 9.17) is 21.4 Å². The number of H-pyrrole nitrogens is 1. The van der Waals surface area contributed by atoms with Gasteiger partial charge in [0.1, 0.15) is 17.2 Å². The van der Waals surface area contributed by atoms with Crippen LogP contribution in [0.1, 0.15) is 29.3 Å². The van der Waals surface area contributed by atoms with E-state index in [-0.39, 0.29) is 11.8 Å². The Morgan fingerprint density at radius 1 is 1.10 bits per heavy atom. The lowest BCUT2D eigenvalue weighted by molar-refractivity contribution is -0.120. The van der Waals surface area contributed by atoms with Crippen LogP contribution < -0.4 is 9.47 Å². The van der Waals surface area contributed by atoms with Gasteiger partial charge in [-0.1, -0.05) is 28.9 Å². The predicted molar refractivity (Wildman–Crippen MR) is 153 cm³/mol. The third-order valence-electron chi connectivity index (χ3n) is 6.82. The molecule has 1 unspecified atom stereocenters. The lowest BCUT2D eigenvalue weighted by atomic mass is 9.93. The second-order valence-corrected chi connectivity index (χ2v) is 9.92. The van der Waals surface area contributed by atoms with Gasteiger partial charge in [-0.3, -0.25) is 14.4 Å². The number of nitrogens with one attached hydrogen (secondary N) is 1. The molecule has 0 saturated heterocycles. The molecule has 1 aliphatic heterocycles. The van der Waals surface area contributed by atoms with Crippen LogP contribution in [0.25, 0.3) is 10.9 Å².